The second kappa shape index (κ2) is 6.01. The SMILES string of the molecule is O=S(=O)(Nc1cnc(Oc2ccccc2F)nc1)c1cnc[nH]1. The van der Waals surface area contributed by atoms with Crippen LogP contribution < -0.4 is 9.46 Å². The van der Waals surface area contributed by atoms with Crippen LogP contribution in [0.15, 0.2) is 54.2 Å². The number of hydrogen-bond acceptors (Lipinski definition) is 6. The minimum atomic E-state index is -3.80. The number of hydrogen-bond donors (Lipinski definition) is 2. The van der Waals surface area contributed by atoms with Crippen LogP contribution in [0.4, 0.5) is 10.1 Å². The predicted octanol–water partition coefficient (Wildman–Crippen LogP) is 1.93. The Labute approximate surface area is 130 Å². The summed E-state index contributed by atoms with van der Waals surface area (Å²) >= 11 is 0. The summed E-state index contributed by atoms with van der Waals surface area (Å²) in [6, 6.07) is 5.68. The minimum Gasteiger partial charge on any atom is -0.421 e. The number of nitrogens with one attached hydrogen (secondary N) is 2. The topological polar surface area (TPSA) is 110 Å². The number of benzene rings is 1. The zero-order valence-corrected chi connectivity index (χ0v) is 12.3. The van der Waals surface area contributed by atoms with Gasteiger partial charge < -0.3 is 9.72 Å². The molecule has 2 aromatic heterocycles. The van der Waals surface area contributed by atoms with Gasteiger partial charge in [-0.2, -0.15) is 8.42 Å². The fraction of sp³-hybridized carbons (Fsp3) is 0. The fourth-order valence-corrected chi connectivity index (χ4v) is 2.58. The Morgan fingerprint density at radius 2 is 1.87 bits per heavy atom. The van der Waals surface area contributed by atoms with E-state index in [9.17, 15) is 12.8 Å². The Kier molecular flexibility index (Phi) is 3.89. The fourth-order valence-electron chi connectivity index (χ4n) is 1.65. The van der Waals surface area contributed by atoms with Crippen molar-refractivity contribution in [3.8, 4) is 11.8 Å². The molecule has 118 valence electrons. The molecule has 0 radical (unpaired) electrons. The molecule has 0 saturated heterocycles. The quantitative estimate of drug-likeness (QED) is 0.737. The first-order valence-electron chi connectivity index (χ1n) is 6.30. The molecular formula is C13H10FN5O3S. The van der Waals surface area contributed by atoms with Gasteiger partial charge in [0, 0.05) is 0 Å². The standard InChI is InChI=1S/C13H10FN5O3S/c14-10-3-1-2-4-11(10)22-13-16-5-9(6-17-13)19-23(20,21)12-7-15-8-18-12/h1-8,19H,(H,15,18). The second-order valence-electron chi connectivity index (χ2n) is 4.31. The van der Waals surface area contributed by atoms with Crippen LogP contribution in [0.1, 0.15) is 0 Å². The van der Waals surface area contributed by atoms with E-state index in [1.165, 1.54) is 43.1 Å². The summed E-state index contributed by atoms with van der Waals surface area (Å²) < 4.78 is 44.8. The molecule has 0 aliphatic rings. The average molecular weight is 335 g/mol. The van der Waals surface area contributed by atoms with Crippen molar-refractivity contribution in [3.05, 3.63) is 55.0 Å². The summed E-state index contributed by atoms with van der Waals surface area (Å²) in [5, 5.41) is -0.0933. The van der Waals surface area contributed by atoms with Gasteiger partial charge >= 0.3 is 6.01 Å². The highest BCUT2D eigenvalue weighted by atomic mass is 32.2. The van der Waals surface area contributed by atoms with E-state index in [2.05, 4.69) is 24.7 Å². The maximum absolute atomic E-state index is 13.5. The van der Waals surface area contributed by atoms with E-state index in [0.29, 0.717) is 0 Å². The van der Waals surface area contributed by atoms with Crippen molar-refractivity contribution < 1.29 is 17.5 Å². The Hall–Kier alpha value is -3.01. The van der Waals surface area contributed by atoms with E-state index >= 15 is 0 Å². The van der Waals surface area contributed by atoms with Crippen LogP contribution in [0, 0.1) is 5.82 Å². The van der Waals surface area contributed by atoms with Crippen LogP contribution in [-0.2, 0) is 10.0 Å². The Balaban J connectivity index is 1.74. The molecule has 1 aromatic carbocycles. The third-order valence-corrected chi connectivity index (χ3v) is 3.99. The largest absolute Gasteiger partial charge is 0.421 e. The molecule has 8 nitrogen and oxygen atoms in total. The van der Waals surface area contributed by atoms with Crippen molar-refractivity contribution in [1.29, 1.82) is 0 Å². The Bertz CT molecular complexity index is 898. The normalized spacial score (nSPS) is 11.2. The van der Waals surface area contributed by atoms with Crippen molar-refractivity contribution >= 4 is 15.7 Å². The number of aromatic nitrogens is 4. The second-order valence-corrected chi connectivity index (χ2v) is 5.96. The first-order chi connectivity index (χ1) is 11.0. The van der Waals surface area contributed by atoms with Gasteiger partial charge in [-0.1, -0.05) is 12.1 Å². The number of anilines is 1. The van der Waals surface area contributed by atoms with Gasteiger partial charge in [0.05, 0.1) is 30.6 Å². The van der Waals surface area contributed by atoms with Crippen molar-refractivity contribution in [2.75, 3.05) is 4.72 Å². The molecule has 0 spiro atoms. The summed E-state index contributed by atoms with van der Waals surface area (Å²) in [6.07, 6.45) is 4.82. The molecule has 2 N–H and O–H groups in total. The molecule has 3 rings (SSSR count). The highest BCUT2D eigenvalue weighted by Gasteiger charge is 2.16. The highest BCUT2D eigenvalue weighted by Crippen LogP contribution is 2.21. The summed E-state index contributed by atoms with van der Waals surface area (Å²) in [4.78, 5) is 13.8. The van der Waals surface area contributed by atoms with E-state index < -0.39 is 15.8 Å². The number of sulfonamides is 1. The molecule has 0 fully saturated rings. The van der Waals surface area contributed by atoms with E-state index in [1.807, 2.05) is 0 Å². The smallest absolute Gasteiger partial charge is 0.322 e. The van der Waals surface area contributed by atoms with Crippen LogP contribution >= 0.6 is 0 Å². The van der Waals surface area contributed by atoms with Crippen LogP contribution in [0.2, 0.25) is 0 Å². The van der Waals surface area contributed by atoms with Gasteiger partial charge in [0.15, 0.2) is 16.6 Å². The lowest BCUT2D eigenvalue weighted by Gasteiger charge is -2.07. The molecule has 0 amide bonds. The third-order valence-electron chi connectivity index (χ3n) is 2.68. The minimum absolute atomic E-state index is 0.0294. The van der Waals surface area contributed by atoms with E-state index in [1.54, 1.807) is 6.07 Å². The van der Waals surface area contributed by atoms with Crippen molar-refractivity contribution in [2.45, 2.75) is 5.03 Å². The number of halogens is 1. The molecule has 0 bridgehead atoms. The lowest BCUT2D eigenvalue weighted by atomic mass is 10.3. The zero-order valence-electron chi connectivity index (χ0n) is 11.5. The highest BCUT2D eigenvalue weighted by molar-refractivity contribution is 7.92. The average Bonchev–Trinajstić information content (AvgIpc) is 3.06. The number of aromatic amines is 1. The number of nitrogens with zero attached hydrogens (tertiary/aromatic N) is 3. The number of para-hydroxylation sites is 1. The van der Waals surface area contributed by atoms with E-state index in [-0.39, 0.29) is 22.5 Å². The predicted molar refractivity (Wildman–Crippen MR) is 77.9 cm³/mol. The van der Waals surface area contributed by atoms with Crippen molar-refractivity contribution in [3.63, 3.8) is 0 Å². The molecular weight excluding hydrogens is 325 g/mol. The molecule has 0 saturated carbocycles. The lowest BCUT2D eigenvalue weighted by Crippen LogP contribution is -2.13. The molecule has 0 aliphatic carbocycles. The van der Waals surface area contributed by atoms with Gasteiger partial charge in [-0.05, 0) is 12.1 Å². The Morgan fingerprint density at radius 3 is 2.52 bits per heavy atom. The summed E-state index contributed by atoms with van der Waals surface area (Å²) in [5.74, 6) is -0.585. The van der Waals surface area contributed by atoms with Gasteiger partial charge in [-0.15, -0.1) is 0 Å². The molecule has 0 unspecified atom stereocenters. The number of imidazole rings is 1. The number of ether oxygens (including phenoxy) is 1. The Morgan fingerprint density at radius 1 is 1.13 bits per heavy atom. The molecule has 0 atom stereocenters. The summed E-state index contributed by atoms with van der Waals surface area (Å²) in [5.41, 5.74) is 0.125. The summed E-state index contributed by atoms with van der Waals surface area (Å²) in [7, 11) is -3.80. The molecule has 10 heteroatoms. The van der Waals surface area contributed by atoms with Gasteiger partial charge in [0.25, 0.3) is 10.0 Å². The van der Waals surface area contributed by atoms with Gasteiger partial charge in [-0.3, -0.25) is 4.72 Å². The van der Waals surface area contributed by atoms with Crippen LogP contribution in [0.3, 0.4) is 0 Å². The van der Waals surface area contributed by atoms with Crippen LogP contribution in [0.25, 0.3) is 0 Å². The maximum Gasteiger partial charge on any atom is 0.322 e. The first kappa shape index (κ1) is 14.9. The number of H-pyrrole nitrogens is 1. The van der Waals surface area contributed by atoms with Crippen molar-refractivity contribution in [2.24, 2.45) is 0 Å². The van der Waals surface area contributed by atoms with Crippen LogP contribution in [-0.4, -0.2) is 28.4 Å². The summed E-state index contributed by atoms with van der Waals surface area (Å²) in [6.45, 7) is 0. The molecule has 23 heavy (non-hydrogen) atoms. The maximum atomic E-state index is 13.5. The van der Waals surface area contributed by atoms with Gasteiger partial charge in [0.1, 0.15) is 0 Å². The molecule has 2 heterocycles. The molecule has 0 aliphatic heterocycles. The zero-order chi connectivity index (χ0) is 16.3. The third kappa shape index (κ3) is 3.43. The van der Waals surface area contributed by atoms with Gasteiger partial charge in [0.2, 0.25) is 0 Å². The lowest BCUT2D eigenvalue weighted by molar-refractivity contribution is 0.411. The molecule has 3 aromatic rings. The van der Waals surface area contributed by atoms with E-state index in [4.69, 9.17) is 4.74 Å². The van der Waals surface area contributed by atoms with Crippen molar-refractivity contribution in [1.82, 2.24) is 19.9 Å². The van der Waals surface area contributed by atoms with Crippen LogP contribution in [0.5, 0.6) is 11.8 Å². The van der Waals surface area contributed by atoms with E-state index in [0.717, 1.165) is 0 Å². The van der Waals surface area contributed by atoms with Gasteiger partial charge in [-0.25, -0.2) is 19.3 Å². The first-order valence-corrected chi connectivity index (χ1v) is 7.78. The monoisotopic (exact) mass is 335 g/mol. The number of rotatable bonds is 5.